The number of piperidine rings is 1. The van der Waals surface area contributed by atoms with Gasteiger partial charge in [0, 0.05) is 24.0 Å². The molecule has 0 aromatic heterocycles. The molecule has 1 aliphatic rings. The van der Waals surface area contributed by atoms with Gasteiger partial charge in [-0.25, -0.2) is 0 Å². The van der Waals surface area contributed by atoms with E-state index in [1.165, 1.54) is 24.9 Å². The van der Waals surface area contributed by atoms with Gasteiger partial charge in [-0.05, 0) is 43.0 Å². The minimum Gasteiger partial charge on any atom is -0.299 e. The van der Waals surface area contributed by atoms with Crippen molar-refractivity contribution >= 4 is 23.2 Å². The average molecular weight is 258 g/mol. The van der Waals surface area contributed by atoms with Crippen molar-refractivity contribution in [3.63, 3.8) is 0 Å². The summed E-state index contributed by atoms with van der Waals surface area (Å²) in [6, 6.07) is 8.12. The monoisotopic (exact) mass is 257 g/mol. The molecule has 1 unspecified atom stereocenters. The van der Waals surface area contributed by atoms with E-state index in [0.717, 1.165) is 24.0 Å². The molecule has 0 amide bonds. The van der Waals surface area contributed by atoms with Gasteiger partial charge in [-0.15, -0.1) is 11.6 Å². The lowest BCUT2D eigenvalue weighted by molar-refractivity contribution is 0.178. The molecule has 16 heavy (non-hydrogen) atoms. The van der Waals surface area contributed by atoms with Gasteiger partial charge in [0.15, 0.2) is 0 Å². The van der Waals surface area contributed by atoms with E-state index < -0.39 is 0 Å². The number of hydrogen-bond acceptors (Lipinski definition) is 1. The zero-order valence-electron chi connectivity index (χ0n) is 9.33. The number of hydrogen-bond donors (Lipinski definition) is 0. The number of likely N-dealkylation sites (tertiary alicyclic amines) is 1. The zero-order chi connectivity index (χ0) is 11.4. The lowest BCUT2D eigenvalue weighted by atomic mass is 9.99. The molecule has 1 fully saturated rings. The van der Waals surface area contributed by atoms with Crippen LogP contribution in [0.1, 0.15) is 18.4 Å². The van der Waals surface area contributed by atoms with Crippen LogP contribution in [-0.2, 0) is 6.54 Å². The van der Waals surface area contributed by atoms with Crippen LogP contribution in [0.3, 0.4) is 0 Å². The Hall–Kier alpha value is -0.240. The van der Waals surface area contributed by atoms with Gasteiger partial charge in [0.05, 0.1) is 0 Å². The molecule has 2 rings (SSSR count). The van der Waals surface area contributed by atoms with Crippen LogP contribution in [0.4, 0.5) is 0 Å². The Bertz CT molecular complexity index is 323. The third-order valence-corrected chi connectivity index (χ3v) is 3.83. The molecule has 1 heterocycles. The largest absolute Gasteiger partial charge is 0.299 e. The van der Waals surface area contributed by atoms with Crippen LogP contribution in [0, 0.1) is 5.92 Å². The van der Waals surface area contributed by atoms with E-state index in [1.807, 2.05) is 12.1 Å². The summed E-state index contributed by atoms with van der Waals surface area (Å²) in [5.41, 5.74) is 1.33. The van der Waals surface area contributed by atoms with Crippen molar-refractivity contribution in [2.75, 3.05) is 19.0 Å². The minimum absolute atomic E-state index is 0.669. The van der Waals surface area contributed by atoms with Gasteiger partial charge in [-0.1, -0.05) is 23.7 Å². The summed E-state index contributed by atoms with van der Waals surface area (Å²) in [6.07, 6.45) is 2.55. The summed E-state index contributed by atoms with van der Waals surface area (Å²) in [6.45, 7) is 3.34. The Morgan fingerprint density at radius 2 is 2.00 bits per heavy atom. The van der Waals surface area contributed by atoms with Gasteiger partial charge in [-0.2, -0.15) is 0 Å². The molecule has 88 valence electrons. The number of halogens is 2. The molecule has 1 saturated heterocycles. The summed E-state index contributed by atoms with van der Waals surface area (Å²) < 4.78 is 0. The molecule has 0 saturated carbocycles. The van der Waals surface area contributed by atoms with Gasteiger partial charge in [0.25, 0.3) is 0 Å². The Balaban J connectivity index is 1.91. The summed E-state index contributed by atoms with van der Waals surface area (Å²) >= 11 is 11.8. The first-order valence-electron chi connectivity index (χ1n) is 5.80. The molecule has 0 spiro atoms. The minimum atomic E-state index is 0.669. The van der Waals surface area contributed by atoms with Crippen LogP contribution in [-0.4, -0.2) is 23.9 Å². The normalized spacial score (nSPS) is 22.2. The van der Waals surface area contributed by atoms with E-state index in [1.54, 1.807) is 0 Å². The maximum absolute atomic E-state index is 5.93. The second-order valence-electron chi connectivity index (χ2n) is 4.52. The number of alkyl halides is 1. The van der Waals surface area contributed by atoms with E-state index in [9.17, 15) is 0 Å². The lowest BCUT2D eigenvalue weighted by Gasteiger charge is -2.31. The first-order valence-corrected chi connectivity index (χ1v) is 6.72. The third-order valence-electron chi connectivity index (χ3n) is 3.14. The van der Waals surface area contributed by atoms with Gasteiger partial charge in [0.1, 0.15) is 0 Å². The van der Waals surface area contributed by atoms with Gasteiger partial charge in [-0.3, -0.25) is 4.90 Å². The third kappa shape index (κ3) is 3.38. The topological polar surface area (TPSA) is 3.24 Å². The summed E-state index contributed by atoms with van der Waals surface area (Å²) in [4.78, 5) is 2.49. The Morgan fingerprint density at radius 3 is 2.69 bits per heavy atom. The van der Waals surface area contributed by atoms with Crippen molar-refractivity contribution in [1.82, 2.24) is 4.90 Å². The first-order chi connectivity index (χ1) is 7.78. The summed E-state index contributed by atoms with van der Waals surface area (Å²) in [5.74, 6) is 1.46. The molecule has 1 nitrogen and oxygen atoms in total. The fourth-order valence-electron chi connectivity index (χ4n) is 2.27. The Morgan fingerprint density at radius 1 is 1.25 bits per heavy atom. The highest BCUT2D eigenvalue weighted by Crippen LogP contribution is 2.20. The molecule has 0 radical (unpaired) electrons. The standard InChI is InChI=1S/C13H17Cl2N/c14-8-12-2-1-7-16(10-12)9-11-3-5-13(15)6-4-11/h3-6,12H,1-2,7-10H2. The molecule has 1 aromatic rings. The van der Waals surface area contributed by atoms with Crippen LogP contribution in [0.5, 0.6) is 0 Å². The molecular weight excluding hydrogens is 241 g/mol. The van der Waals surface area contributed by atoms with Gasteiger partial charge in [0.2, 0.25) is 0 Å². The fraction of sp³-hybridized carbons (Fsp3) is 0.538. The number of rotatable bonds is 3. The quantitative estimate of drug-likeness (QED) is 0.745. The molecule has 1 aromatic carbocycles. The highest BCUT2D eigenvalue weighted by atomic mass is 35.5. The van der Waals surface area contributed by atoms with Crippen molar-refractivity contribution in [3.8, 4) is 0 Å². The number of nitrogens with zero attached hydrogens (tertiary/aromatic N) is 1. The molecule has 0 bridgehead atoms. The fourth-order valence-corrected chi connectivity index (χ4v) is 2.65. The highest BCUT2D eigenvalue weighted by molar-refractivity contribution is 6.30. The second kappa shape index (κ2) is 5.90. The highest BCUT2D eigenvalue weighted by Gasteiger charge is 2.18. The Labute approximate surface area is 107 Å². The van der Waals surface area contributed by atoms with E-state index >= 15 is 0 Å². The molecule has 1 aliphatic heterocycles. The van der Waals surface area contributed by atoms with E-state index in [-0.39, 0.29) is 0 Å². The van der Waals surface area contributed by atoms with Crippen LogP contribution >= 0.6 is 23.2 Å². The zero-order valence-corrected chi connectivity index (χ0v) is 10.8. The maximum Gasteiger partial charge on any atom is 0.0406 e. The van der Waals surface area contributed by atoms with Crippen molar-refractivity contribution in [2.45, 2.75) is 19.4 Å². The lowest BCUT2D eigenvalue weighted by Crippen LogP contribution is -2.35. The second-order valence-corrected chi connectivity index (χ2v) is 5.27. The van der Waals surface area contributed by atoms with E-state index in [4.69, 9.17) is 23.2 Å². The van der Waals surface area contributed by atoms with Crippen LogP contribution in [0.15, 0.2) is 24.3 Å². The van der Waals surface area contributed by atoms with Crippen LogP contribution < -0.4 is 0 Å². The van der Waals surface area contributed by atoms with E-state index in [0.29, 0.717) is 5.92 Å². The molecule has 1 atom stereocenters. The smallest absolute Gasteiger partial charge is 0.0406 e. The Kier molecular flexibility index (Phi) is 4.51. The molecule has 0 aliphatic carbocycles. The molecule has 0 N–H and O–H groups in total. The average Bonchev–Trinajstić information content (AvgIpc) is 2.32. The van der Waals surface area contributed by atoms with Gasteiger partial charge >= 0.3 is 0 Å². The maximum atomic E-state index is 5.93. The van der Waals surface area contributed by atoms with E-state index in [2.05, 4.69) is 17.0 Å². The first kappa shape index (κ1) is 12.2. The van der Waals surface area contributed by atoms with Crippen LogP contribution in [0.2, 0.25) is 5.02 Å². The van der Waals surface area contributed by atoms with Crippen LogP contribution in [0.25, 0.3) is 0 Å². The predicted molar refractivity (Wildman–Crippen MR) is 70.2 cm³/mol. The summed E-state index contributed by atoms with van der Waals surface area (Å²) in [5, 5.41) is 0.807. The number of benzene rings is 1. The molecule has 3 heteroatoms. The SMILES string of the molecule is ClCC1CCCN(Cc2ccc(Cl)cc2)C1. The van der Waals surface area contributed by atoms with Crippen molar-refractivity contribution in [2.24, 2.45) is 5.92 Å². The van der Waals surface area contributed by atoms with Crippen molar-refractivity contribution in [3.05, 3.63) is 34.9 Å². The molecular formula is C13H17Cl2N. The summed E-state index contributed by atoms with van der Waals surface area (Å²) in [7, 11) is 0. The predicted octanol–water partition coefficient (Wildman–Crippen LogP) is 3.79. The van der Waals surface area contributed by atoms with Gasteiger partial charge < -0.3 is 0 Å². The van der Waals surface area contributed by atoms with Crippen molar-refractivity contribution in [1.29, 1.82) is 0 Å². The van der Waals surface area contributed by atoms with Crippen molar-refractivity contribution < 1.29 is 0 Å².